The minimum Gasteiger partial charge on any atom is -0.378 e. The number of rotatable bonds is 7. The molecule has 0 spiro atoms. The van der Waals surface area contributed by atoms with Crippen LogP contribution in [-0.4, -0.2) is 44.7 Å². The first-order valence-electron chi connectivity index (χ1n) is 10.8. The minimum atomic E-state index is -4.47. The molecule has 0 saturated carbocycles. The van der Waals surface area contributed by atoms with Crippen LogP contribution >= 0.6 is 0 Å². The molecule has 1 saturated heterocycles. The zero-order chi connectivity index (χ0) is 25.1. The second kappa shape index (κ2) is 10.1. The summed E-state index contributed by atoms with van der Waals surface area (Å²) in [5.74, 6) is 1.57. The Morgan fingerprint density at radius 2 is 1.60 bits per heavy atom. The molecular weight excluding hydrogens is 483 g/mol. The quantitative estimate of drug-likeness (QED) is 0.492. The molecule has 8 nitrogen and oxygen atoms in total. The number of nitrogens with zero attached hydrogens (tertiary/aromatic N) is 3. The first-order valence-corrected chi connectivity index (χ1v) is 12.4. The maximum absolute atomic E-state index is 12.7. The van der Waals surface area contributed by atoms with Gasteiger partial charge in [0.05, 0.1) is 24.5 Å². The van der Waals surface area contributed by atoms with Crippen LogP contribution in [0.1, 0.15) is 17.0 Å². The zero-order valence-corrected chi connectivity index (χ0v) is 19.7. The highest BCUT2D eigenvalue weighted by Gasteiger charge is 2.30. The molecule has 1 aromatic heterocycles. The van der Waals surface area contributed by atoms with E-state index in [4.69, 9.17) is 4.74 Å². The highest BCUT2D eigenvalue weighted by Crippen LogP contribution is 2.29. The summed E-state index contributed by atoms with van der Waals surface area (Å²) in [7, 11) is -3.82. The van der Waals surface area contributed by atoms with Gasteiger partial charge in [-0.1, -0.05) is 12.1 Å². The Hall–Kier alpha value is -3.38. The van der Waals surface area contributed by atoms with Gasteiger partial charge in [-0.3, -0.25) is 4.72 Å². The van der Waals surface area contributed by atoms with Crippen LogP contribution in [0, 0.1) is 6.92 Å². The van der Waals surface area contributed by atoms with Crippen LogP contribution in [-0.2, 0) is 26.7 Å². The molecule has 0 atom stereocenters. The van der Waals surface area contributed by atoms with Gasteiger partial charge in [0.2, 0.25) is 10.0 Å². The summed E-state index contributed by atoms with van der Waals surface area (Å²) in [5.41, 5.74) is 0.446. The third kappa shape index (κ3) is 6.83. The number of benzene rings is 2. The van der Waals surface area contributed by atoms with E-state index >= 15 is 0 Å². The maximum Gasteiger partial charge on any atom is 0.416 e. The van der Waals surface area contributed by atoms with Crippen LogP contribution in [0.25, 0.3) is 0 Å². The van der Waals surface area contributed by atoms with Crippen LogP contribution in [0.2, 0.25) is 0 Å². The summed E-state index contributed by atoms with van der Waals surface area (Å²) in [6, 6.07) is 12.5. The standard InChI is InChI=1S/C23H24F3N5O3S/c1-16-27-21(14-22(28-16)31-10-12-34-13-11-31)29-19-6-8-20(9-7-19)30-35(32,33)15-17-2-4-18(5-3-17)23(24,25)26/h2-9,14,30H,10-13,15H2,1H3,(H,27,28,29). The third-order valence-electron chi connectivity index (χ3n) is 5.23. The molecule has 0 unspecified atom stereocenters. The number of alkyl halides is 3. The smallest absolute Gasteiger partial charge is 0.378 e. The summed E-state index contributed by atoms with van der Waals surface area (Å²) >= 11 is 0. The van der Waals surface area contributed by atoms with Crippen molar-refractivity contribution in [3.05, 3.63) is 71.5 Å². The molecule has 1 aliphatic heterocycles. The van der Waals surface area contributed by atoms with Gasteiger partial charge in [0, 0.05) is 30.5 Å². The first kappa shape index (κ1) is 24.7. The van der Waals surface area contributed by atoms with Gasteiger partial charge in [-0.25, -0.2) is 18.4 Å². The van der Waals surface area contributed by atoms with Gasteiger partial charge in [0.25, 0.3) is 0 Å². The lowest BCUT2D eigenvalue weighted by atomic mass is 10.1. The highest BCUT2D eigenvalue weighted by molar-refractivity contribution is 7.91. The third-order valence-corrected chi connectivity index (χ3v) is 6.49. The Morgan fingerprint density at radius 1 is 0.971 bits per heavy atom. The van der Waals surface area contributed by atoms with Gasteiger partial charge in [-0.2, -0.15) is 13.2 Å². The topological polar surface area (TPSA) is 96.5 Å². The summed E-state index contributed by atoms with van der Waals surface area (Å²) in [5, 5.41) is 3.19. The van der Waals surface area contributed by atoms with Crippen molar-refractivity contribution in [3.8, 4) is 0 Å². The second-order valence-electron chi connectivity index (χ2n) is 8.02. The predicted octanol–water partition coefficient (Wildman–Crippen LogP) is 4.33. The van der Waals surface area contributed by atoms with Crippen LogP contribution in [0.5, 0.6) is 0 Å². The van der Waals surface area contributed by atoms with Crippen molar-refractivity contribution >= 4 is 33.0 Å². The van der Waals surface area contributed by atoms with E-state index in [-0.39, 0.29) is 5.56 Å². The molecule has 35 heavy (non-hydrogen) atoms. The summed E-state index contributed by atoms with van der Waals surface area (Å²) in [4.78, 5) is 11.0. The van der Waals surface area contributed by atoms with Crippen molar-refractivity contribution in [2.75, 3.05) is 41.2 Å². The van der Waals surface area contributed by atoms with Gasteiger partial charge >= 0.3 is 6.18 Å². The summed E-state index contributed by atoms with van der Waals surface area (Å²) in [6.07, 6.45) is -4.47. The van der Waals surface area contributed by atoms with Crippen molar-refractivity contribution in [1.29, 1.82) is 0 Å². The van der Waals surface area contributed by atoms with Crippen LogP contribution in [0.4, 0.5) is 36.2 Å². The first-order chi connectivity index (χ1) is 16.6. The Kier molecular flexibility index (Phi) is 7.13. The van der Waals surface area contributed by atoms with E-state index < -0.39 is 27.5 Å². The van der Waals surface area contributed by atoms with Crippen molar-refractivity contribution in [3.63, 3.8) is 0 Å². The van der Waals surface area contributed by atoms with Crippen molar-refractivity contribution < 1.29 is 26.3 Å². The van der Waals surface area contributed by atoms with Crippen LogP contribution in [0.15, 0.2) is 54.6 Å². The molecule has 0 radical (unpaired) electrons. The Bertz CT molecular complexity index is 1260. The number of sulfonamides is 1. The SMILES string of the molecule is Cc1nc(Nc2ccc(NS(=O)(=O)Cc3ccc(C(F)(F)F)cc3)cc2)cc(N2CCOCC2)n1. The molecule has 12 heteroatoms. The summed E-state index contributed by atoms with van der Waals surface area (Å²) in [6.45, 7) is 4.59. The molecule has 4 rings (SSSR count). The molecule has 0 amide bonds. The fourth-order valence-corrected chi connectivity index (χ4v) is 4.76. The Balaban J connectivity index is 1.39. The van der Waals surface area contributed by atoms with Crippen LogP contribution in [0.3, 0.4) is 0 Å². The molecular formula is C23H24F3N5O3S. The van der Waals surface area contributed by atoms with E-state index in [0.717, 1.165) is 43.2 Å². The van der Waals surface area contributed by atoms with E-state index in [0.29, 0.717) is 36.2 Å². The van der Waals surface area contributed by atoms with Gasteiger partial charge in [0.15, 0.2) is 0 Å². The molecule has 0 bridgehead atoms. The average Bonchev–Trinajstić information content (AvgIpc) is 2.80. The maximum atomic E-state index is 12.7. The molecule has 186 valence electrons. The van der Waals surface area contributed by atoms with Crippen LogP contribution < -0.4 is 14.9 Å². The molecule has 0 aliphatic carbocycles. The number of nitrogens with one attached hydrogen (secondary N) is 2. The largest absolute Gasteiger partial charge is 0.416 e. The fraction of sp³-hybridized carbons (Fsp3) is 0.304. The predicted molar refractivity (Wildman–Crippen MR) is 127 cm³/mol. The van der Waals surface area contributed by atoms with Gasteiger partial charge < -0.3 is 15.0 Å². The van der Waals surface area contributed by atoms with Gasteiger partial charge in [-0.05, 0) is 48.9 Å². The number of aromatic nitrogens is 2. The Morgan fingerprint density at radius 3 is 2.23 bits per heavy atom. The number of halogens is 3. The Labute approximate surface area is 201 Å². The molecule has 2 aromatic carbocycles. The molecule has 2 heterocycles. The van der Waals surface area contributed by atoms with E-state index in [9.17, 15) is 21.6 Å². The molecule has 3 aromatic rings. The fourth-order valence-electron chi connectivity index (χ4n) is 3.56. The monoisotopic (exact) mass is 507 g/mol. The van der Waals surface area contributed by atoms with E-state index in [1.807, 2.05) is 13.0 Å². The van der Waals surface area contributed by atoms with E-state index in [2.05, 4.69) is 24.9 Å². The zero-order valence-electron chi connectivity index (χ0n) is 18.8. The minimum absolute atomic E-state index is 0.249. The number of hydrogen-bond acceptors (Lipinski definition) is 7. The number of hydrogen-bond donors (Lipinski definition) is 2. The lowest BCUT2D eigenvalue weighted by molar-refractivity contribution is -0.137. The number of ether oxygens (including phenoxy) is 1. The highest BCUT2D eigenvalue weighted by atomic mass is 32.2. The van der Waals surface area contributed by atoms with Crippen molar-refractivity contribution in [2.45, 2.75) is 18.9 Å². The second-order valence-corrected chi connectivity index (χ2v) is 9.74. The average molecular weight is 508 g/mol. The molecule has 1 fully saturated rings. The molecule has 2 N–H and O–H groups in total. The van der Waals surface area contributed by atoms with E-state index in [1.54, 1.807) is 24.3 Å². The van der Waals surface area contributed by atoms with Gasteiger partial charge in [0.1, 0.15) is 17.5 Å². The number of anilines is 4. The lowest BCUT2D eigenvalue weighted by Crippen LogP contribution is -2.36. The van der Waals surface area contributed by atoms with Crippen molar-refractivity contribution in [2.24, 2.45) is 0 Å². The number of morpholine rings is 1. The lowest BCUT2D eigenvalue weighted by Gasteiger charge is -2.28. The molecule has 1 aliphatic rings. The van der Waals surface area contributed by atoms with Gasteiger partial charge in [-0.15, -0.1) is 0 Å². The number of aryl methyl sites for hydroxylation is 1. The normalized spacial score (nSPS) is 14.6. The summed E-state index contributed by atoms with van der Waals surface area (Å²) < 4.78 is 70.8. The van der Waals surface area contributed by atoms with E-state index in [1.165, 1.54) is 0 Å². The van der Waals surface area contributed by atoms with Crippen molar-refractivity contribution in [1.82, 2.24) is 9.97 Å².